The van der Waals surface area contributed by atoms with Crippen molar-refractivity contribution in [1.82, 2.24) is 4.98 Å². The second kappa shape index (κ2) is 6.86. The van der Waals surface area contributed by atoms with E-state index in [0.717, 1.165) is 5.39 Å². The summed E-state index contributed by atoms with van der Waals surface area (Å²) in [6.45, 7) is 0. The molecule has 0 unspecified atom stereocenters. The second-order valence-electron chi connectivity index (χ2n) is 4.62. The Labute approximate surface area is 143 Å². The third-order valence-corrected chi connectivity index (χ3v) is 3.91. The zero-order chi connectivity index (χ0) is 15.7. The molecule has 1 heterocycles. The summed E-state index contributed by atoms with van der Waals surface area (Å²) in [5.41, 5.74) is 1.00. The average Bonchev–Trinajstić information content (AvgIpc) is 2.51. The number of carbonyl (C=O) groups excluding carboxylic acids is 1. The number of fused-ring (bicyclic) bond motifs is 1. The van der Waals surface area contributed by atoms with Crippen LogP contribution in [-0.2, 0) is 0 Å². The van der Waals surface area contributed by atoms with Crippen LogP contribution in [0.15, 0.2) is 48.7 Å². The van der Waals surface area contributed by atoms with Crippen LogP contribution in [0.2, 0.25) is 10.0 Å². The summed E-state index contributed by atoms with van der Waals surface area (Å²) in [6, 6.07) is 11.6. The first-order valence-corrected chi connectivity index (χ1v) is 7.15. The van der Waals surface area contributed by atoms with Crippen LogP contribution >= 0.6 is 23.2 Å². The first-order chi connectivity index (χ1) is 10.6. The molecule has 0 bridgehead atoms. The number of carbonyl (C=O) groups is 1. The van der Waals surface area contributed by atoms with Gasteiger partial charge >= 0.3 is 0 Å². The molecule has 1 amide bonds. The summed E-state index contributed by atoms with van der Waals surface area (Å²) < 4.78 is 0. The molecule has 118 valence electrons. The van der Waals surface area contributed by atoms with Crippen LogP contribution in [0.5, 0.6) is 5.75 Å². The zero-order valence-electron chi connectivity index (χ0n) is 11.2. The van der Waals surface area contributed by atoms with Crippen LogP contribution in [0.25, 0.3) is 10.9 Å². The minimum Gasteiger partial charge on any atom is -0.505 e. The number of nitrogens with zero attached hydrogens (tertiary/aromatic N) is 1. The molecule has 2 aromatic carbocycles. The van der Waals surface area contributed by atoms with Gasteiger partial charge in [-0.2, -0.15) is 0 Å². The summed E-state index contributed by atoms with van der Waals surface area (Å²) in [5, 5.41) is 14.4. The number of nitrogens with one attached hydrogen (secondary N) is 1. The van der Waals surface area contributed by atoms with Crippen molar-refractivity contribution in [2.45, 2.75) is 7.43 Å². The maximum Gasteiger partial charge on any atom is 0.259 e. The number of pyridine rings is 1. The number of phenolic OH excluding ortho intramolecular Hbond substituents is 1. The fourth-order valence-corrected chi connectivity index (χ4v) is 2.38. The molecule has 3 rings (SSSR count). The van der Waals surface area contributed by atoms with Crippen LogP contribution < -0.4 is 5.32 Å². The molecular weight excluding hydrogens is 335 g/mol. The smallest absolute Gasteiger partial charge is 0.259 e. The van der Waals surface area contributed by atoms with Gasteiger partial charge in [-0.15, -0.1) is 0 Å². The number of hydrogen-bond donors (Lipinski definition) is 2. The molecule has 4 nitrogen and oxygen atoms in total. The number of phenols is 1. The highest BCUT2D eigenvalue weighted by Gasteiger charge is 2.15. The standard InChI is InChI=1S/C16H10Cl2N2O2.CH4/c17-12-6-4-10(8-13(12)18)20-16(22)11-5-3-9-2-1-7-19-14(9)15(11)21;/h1-8,21H,(H,20,22);1H4. The fourth-order valence-electron chi connectivity index (χ4n) is 2.09. The maximum atomic E-state index is 12.3. The summed E-state index contributed by atoms with van der Waals surface area (Å²) in [5.74, 6) is -0.612. The van der Waals surface area contributed by atoms with Gasteiger partial charge in [-0.25, -0.2) is 0 Å². The van der Waals surface area contributed by atoms with Crippen molar-refractivity contribution in [2.75, 3.05) is 5.32 Å². The van der Waals surface area contributed by atoms with Gasteiger partial charge in [0.2, 0.25) is 0 Å². The number of aromatic nitrogens is 1. The molecule has 0 radical (unpaired) electrons. The minimum absolute atomic E-state index is 0. The van der Waals surface area contributed by atoms with Crippen molar-refractivity contribution in [3.8, 4) is 5.75 Å². The Morgan fingerprint density at radius 1 is 1.09 bits per heavy atom. The summed E-state index contributed by atoms with van der Waals surface area (Å²) in [6.07, 6.45) is 1.56. The highest BCUT2D eigenvalue weighted by atomic mass is 35.5. The molecule has 1 aromatic heterocycles. The number of benzene rings is 2. The first-order valence-electron chi connectivity index (χ1n) is 6.39. The van der Waals surface area contributed by atoms with E-state index in [-0.39, 0.29) is 18.7 Å². The number of rotatable bonds is 2. The lowest BCUT2D eigenvalue weighted by molar-refractivity contribution is 0.102. The van der Waals surface area contributed by atoms with Crippen molar-refractivity contribution in [3.05, 3.63) is 64.3 Å². The fraction of sp³-hybridized carbons (Fsp3) is 0.0588. The van der Waals surface area contributed by atoms with Crippen molar-refractivity contribution >= 4 is 45.7 Å². The lowest BCUT2D eigenvalue weighted by Gasteiger charge is -2.09. The zero-order valence-corrected chi connectivity index (χ0v) is 12.7. The van der Waals surface area contributed by atoms with Gasteiger partial charge in [-0.3, -0.25) is 9.78 Å². The van der Waals surface area contributed by atoms with E-state index in [1.807, 2.05) is 6.07 Å². The SMILES string of the molecule is C.O=C(Nc1ccc(Cl)c(Cl)c1)c1ccc2cccnc2c1O. The summed E-state index contributed by atoms with van der Waals surface area (Å²) in [4.78, 5) is 16.4. The Bertz CT molecular complexity index is 882. The van der Waals surface area contributed by atoms with Gasteiger partial charge in [0.25, 0.3) is 5.91 Å². The third-order valence-electron chi connectivity index (χ3n) is 3.17. The Morgan fingerprint density at radius 3 is 2.61 bits per heavy atom. The predicted molar refractivity (Wildman–Crippen MR) is 94.6 cm³/mol. The van der Waals surface area contributed by atoms with E-state index in [9.17, 15) is 9.90 Å². The quantitative estimate of drug-likeness (QED) is 0.674. The number of halogens is 2. The lowest BCUT2D eigenvalue weighted by atomic mass is 10.1. The molecule has 2 N–H and O–H groups in total. The highest BCUT2D eigenvalue weighted by molar-refractivity contribution is 6.42. The number of amides is 1. The van der Waals surface area contributed by atoms with Crippen molar-refractivity contribution < 1.29 is 9.90 Å². The van der Waals surface area contributed by atoms with Crippen LogP contribution in [-0.4, -0.2) is 16.0 Å². The van der Waals surface area contributed by atoms with Crippen molar-refractivity contribution in [2.24, 2.45) is 0 Å². The van der Waals surface area contributed by atoms with E-state index in [0.29, 0.717) is 21.2 Å². The Morgan fingerprint density at radius 2 is 1.87 bits per heavy atom. The van der Waals surface area contributed by atoms with Crippen LogP contribution in [0.3, 0.4) is 0 Å². The van der Waals surface area contributed by atoms with E-state index in [2.05, 4.69) is 10.3 Å². The van der Waals surface area contributed by atoms with Crippen LogP contribution in [0, 0.1) is 0 Å². The molecule has 0 saturated heterocycles. The van der Waals surface area contributed by atoms with Gasteiger partial charge in [-0.1, -0.05) is 42.8 Å². The molecule has 0 fully saturated rings. The monoisotopic (exact) mass is 348 g/mol. The molecular formula is C17H14Cl2N2O2. The van der Waals surface area contributed by atoms with Gasteiger partial charge in [-0.05, 0) is 30.3 Å². The minimum atomic E-state index is -0.455. The van der Waals surface area contributed by atoms with Gasteiger partial charge < -0.3 is 10.4 Å². The maximum absolute atomic E-state index is 12.3. The molecule has 0 aliphatic rings. The largest absolute Gasteiger partial charge is 0.505 e. The van der Waals surface area contributed by atoms with E-state index < -0.39 is 5.91 Å². The molecule has 0 saturated carbocycles. The Hall–Kier alpha value is -2.30. The van der Waals surface area contributed by atoms with Gasteiger partial charge in [0.05, 0.1) is 15.6 Å². The first kappa shape index (κ1) is 17.1. The second-order valence-corrected chi connectivity index (χ2v) is 5.43. The van der Waals surface area contributed by atoms with E-state index >= 15 is 0 Å². The Kier molecular flexibility index (Phi) is 5.08. The topological polar surface area (TPSA) is 62.2 Å². The van der Waals surface area contributed by atoms with Crippen LogP contribution in [0.4, 0.5) is 5.69 Å². The predicted octanol–water partition coefficient (Wildman–Crippen LogP) is 5.14. The molecule has 3 aromatic rings. The number of aromatic hydroxyl groups is 1. The molecule has 0 spiro atoms. The molecule has 0 atom stereocenters. The highest BCUT2D eigenvalue weighted by Crippen LogP contribution is 2.29. The van der Waals surface area contributed by atoms with E-state index in [1.54, 1.807) is 36.5 Å². The van der Waals surface area contributed by atoms with E-state index in [4.69, 9.17) is 23.2 Å². The molecule has 0 aliphatic carbocycles. The van der Waals surface area contributed by atoms with Gasteiger partial charge in [0, 0.05) is 17.3 Å². The molecule has 6 heteroatoms. The molecule has 0 aliphatic heterocycles. The number of hydrogen-bond acceptors (Lipinski definition) is 3. The van der Waals surface area contributed by atoms with Crippen molar-refractivity contribution in [3.63, 3.8) is 0 Å². The summed E-state index contributed by atoms with van der Waals surface area (Å²) >= 11 is 11.7. The van der Waals surface area contributed by atoms with Gasteiger partial charge in [0.1, 0.15) is 5.52 Å². The lowest BCUT2D eigenvalue weighted by Crippen LogP contribution is -2.12. The average molecular weight is 349 g/mol. The van der Waals surface area contributed by atoms with Gasteiger partial charge in [0.15, 0.2) is 5.75 Å². The normalized spacial score (nSPS) is 10.2. The van der Waals surface area contributed by atoms with Crippen LogP contribution in [0.1, 0.15) is 17.8 Å². The number of anilines is 1. The van der Waals surface area contributed by atoms with E-state index in [1.165, 1.54) is 6.07 Å². The third kappa shape index (κ3) is 3.38. The van der Waals surface area contributed by atoms with Crippen molar-refractivity contribution in [1.29, 1.82) is 0 Å². The molecule has 23 heavy (non-hydrogen) atoms. The Balaban J connectivity index is 0.00000192. The summed E-state index contributed by atoms with van der Waals surface area (Å²) in [7, 11) is 0.